The Balaban J connectivity index is 2.07. The van der Waals surface area contributed by atoms with Gasteiger partial charge in [0, 0.05) is 10.0 Å². The summed E-state index contributed by atoms with van der Waals surface area (Å²) in [6.07, 6.45) is 0. The van der Waals surface area contributed by atoms with Gasteiger partial charge in [0.2, 0.25) is 0 Å². The van der Waals surface area contributed by atoms with Gasteiger partial charge in [-0.25, -0.2) is 4.39 Å². The van der Waals surface area contributed by atoms with Gasteiger partial charge in [-0.15, -0.1) is 0 Å². The maximum atomic E-state index is 14.2. The Kier molecular flexibility index (Phi) is 4.34. The average molecular weight is 429 g/mol. The van der Waals surface area contributed by atoms with E-state index < -0.39 is 0 Å². The zero-order chi connectivity index (χ0) is 15.0. The van der Waals surface area contributed by atoms with Crippen LogP contribution in [0.3, 0.4) is 0 Å². The molecule has 0 heterocycles. The Bertz CT molecular complexity index is 817. The molecule has 0 aromatic heterocycles. The predicted molar refractivity (Wildman–Crippen MR) is 93.8 cm³/mol. The lowest BCUT2D eigenvalue weighted by Gasteiger charge is -2.14. The molecular weight excluding hydrogens is 418 g/mol. The molecular formula is C17H10Br2ClF. The average Bonchev–Trinajstić information content (AvgIpc) is 2.50. The van der Waals surface area contributed by atoms with Crippen molar-refractivity contribution in [2.75, 3.05) is 0 Å². The first-order valence-electron chi connectivity index (χ1n) is 6.33. The zero-order valence-corrected chi connectivity index (χ0v) is 14.7. The Morgan fingerprint density at radius 2 is 1.67 bits per heavy atom. The molecule has 106 valence electrons. The molecule has 4 heteroatoms. The first-order chi connectivity index (χ1) is 10.1. The fourth-order valence-corrected chi connectivity index (χ4v) is 3.40. The molecule has 3 aromatic carbocycles. The first kappa shape index (κ1) is 15.0. The van der Waals surface area contributed by atoms with Crippen molar-refractivity contribution in [3.8, 4) is 0 Å². The molecule has 0 bridgehead atoms. The number of rotatable bonds is 2. The maximum Gasteiger partial charge on any atom is 0.129 e. The number of halogens is 4. The molecule has 0 spiro atoms. The van der Waals surface area contributed by atoms with Crippen molar-refractivity contribution >= 4 is 54.2 Å². The third-order valence-electron chi connectivity index (χ3n) is 3.38. The van der Waals surface area contributed by atoms with Gasteiger partial charge in [0.25, 0.3) is 0 Å². The number of fused-ring (bicyclic) bond motifs is 1. The van der Waals surface area contributed by atoms with E-state index in [2.05, 4.69) is 44.0 Å². The number of alkyl halides is 1. The fraction of sp³-hybridized carbons (Fsp3) is 0.0588. The van der Waals surface area contributed by atoms with E-state index in [0.717, 1.165) is 16.3 Å². The molecule has 1 unspecified atom stereocenters. The Morgan fingerprint density at radius 3 is 2.43 bits per heavy atom. The first-order valence-corrected chi connectivity index (χ1v) is 8.42. The van der Waals surface area contributed by atoms with Crippen LogP contribution in [0.15, 0.2) is 59.1 Å². The highest BCUT2D eigenvalue weighted by molar-refractivity contribution is 9.10. The molecule has 0 aliphatic carbocycles. The van der Waals surface area contributed by atoms with Crippen LogP contribution in [0.5, 0.6) is 0 Å². The van der Waals surface area contributed by atoms with Crippen LogP contribution in [0.25, 0.3) is 10.8 Å². The number of hydrogen-bond acceptors (Lipinski definition) is 0. The zero-order valence-electron chi connectivity index (χ0n) is 10.8. The SMILES string of the molecule is Fc1cc(Br)c(Cl)cc1C(Br)c1ccc2ccccc2c1. The largest absolute Gasteiger partial charge is 0.207 e. The molecule has 0 aliphatic heterocycles. The summed E-state index contributed by atoms with van der Waals surface area (Å²) in [7, 11) is 0. The van der Waals surface area contributed by atoms with E-state index >= 15 is 0 Å². The Morgan fingerprint density at radius 1 is 0.952 bits per heavy atom. The molecule has 0 saturated carbocycles. The molecule has 3 rings (SSSR count). The van der Waals surface area contributed by atoms with Gasteiger partial charge in [-0.2, -0.15) is 0 Å². The highest BCUT2D eigenvalue weighted by Gasteiger charge is 2.17. The monoisotopic (exact) mass is 426 g/mol. The lowest BCUT2D eigenvalue weighted by Crippen LogP contribution is -1.97. The molecule has 0 radical (unpaired) electrons. The summed E-state index contributed by atoms with van der Waals surface area (Å²) in [6, 6.07) is 17.2. The molecule has 21 heavy (non-hydrogen) atoms. The minimum Gasteiger partial charge on any atom is -0.207 e. The van der Waals surface area contributed by atoms with E-state index in [4.69, 9.17) is 11.6 Å². The van der Waals surface area contributed by atoms with E-state index in [9.17, 15) is 4.39 Å². The van der Waals surface area contributed by atoms with Gasteiger partial charge in [-0.1, -0.05) is 63.9 Å². The van der Waals surface area contributed by atoms with Crippen LogP contribution < -0.4 is 0 Å². The standard InChI is InChI=1S/C17H10Br2ClF/c18-14-9-16(21)13(8-15(14)20)17(19)12-6-5-10-3-1-2-4-11(10)7-12/h1-9,17H. The minimum absolute atomic E-state index is 0.243. The molecule has 0 nitrogen and oxygen atoms in total. The van der Waals surface area contributed by atoms with E-state index in [0.29, 0.717) is 15.1 Å². The van der Waals surface area contributed by atoms with Gasteiger partial charge in [0.15, 0.2) is 0 Å². The molecule has 0 amide bonds. The van der Waals surface area contributed by atoms with Crippen LogP contribution in [0.4, 0.5) is 4.39 Å². The normalized spacial score (nSPS) is 12.6. The summed E-state index contributed by atoms with van der Waals surface area (Å²) in [5.41, 5.74) is 1.52. The van der Waals surface area contributed by atoms with Gasteiger partial charge in [-0.3, -0.25) is 0 Å². The van der Waals surface area contributed by atoms with E-state index in [-0.39, 0.29) is 10.6 Å². The molecule has 0 N–H and O–H groups in total. The second kappa shape index (κ2) is 6.07. The summed E-state index contributed by atoms with van der Waals surface area (Å²) in [5.74, 6) is -0.290. The van der Waals surface area contributed by atoms with Crippen LogP contribution in [-0.2, 0) is 0 Å². The maximum absolute atomic E-state index is 14.2. The van der Waals surface area contributed by atoms with E-state index in [1.165, 1.54) is 6.07 Å². The molecule has 0 fully saturated rings. The predicted octanol–water partition coefficient (Wildman–Crippen LogP) is 6.88. The van der Waals surface area contributed by atoms with Crippen molar-refractivity contribution in [3.63, 3.8) is 0 Å². The summed E-state index contributed by atoms with van der Waals surface area (Å²) >= 11 is 12.9. The van der Waals surface area contributed by atoms with E-state index in [1.807, 2.05) is 30.3 Å². The lowest BCUT2D eigenvalue weighted by molar-refractivity contribution is 0.612. The quantitative estimate of drug-likeness (QED) is 0.308. The van der Waals surface area contributed by atoms with Gasteiger partial charge in [-0.05, 0) is 50.5 Å². The van der Waals surface area contributed by atoms with Crippen molar-refractivity contribution < 1.29 is 4.39 Å². The van der Waals surface area contributed by atoms with Crippen LogP contribution >= 0.6 is 43.5 Å². The topological polar surface area (TPSA) is 0 Å². The lowest BCUT2D eigenvalue weighted by atomic mass is 10.0. The second-order valence-electron chi connectivity index (χ2n) is 4.76. The Hall–Kier alpha value is -0.900. The summed E-state index contributed by atoms with van der Waals surface area (Å²) in [4.78, 5) is -0.243. The second-order valence-corrected chi connectivity index (χ2v) is 6.93. The van der Waals surface area contributed by atoms with Crippen molar-refractivity contribution in [3.05, 3.63) is 81.0 Å². The van der Waals surface area contributed by atoms with Crippen molar-refractivity contribution in [1.82, 2.24) is 0 Å². The Labute approximate surface area is 144 Å². The van der Waals surface area contributed by atoms with Gasteiger partial charge >= 0.3 is 0 Å². The smallest absolute Gasteiger partial charge is 0.129 e. The van der Waals surface area contributed by atoms with Crippen LogP contribution in [-0.4, -0.2) is 0 Å². The fourth-order valence-electron chi connectivity index (χ4n) is 2.28. The number of hydrogen-bond donors (Lipinski definition) is 0. The summed E-state index contributed by atoms with van der Waals surface area (Å²) < 4.78 is 14.7. The van der Waals surface area contributed by atoms with Crippen molar-refractivity contribution in [2.45, 2.75) is 4.83 Å². The van der Waals surface area contributed by atoms with Crippen molar-refractivity contribution in [1.29, 1.82) is 0 Å². The van der Waals surface area contributed by atoms with Crippen LogP contribution in [0.1, 0.15) is 16.0 Å². The molecule has 3 aromatic rings. The van der Waals surface area contributed by atoms with Crippen LogP contribution in [0, 0.1) is 5.82 Å². The van der Waals surface area contributed by atoms with Gasteiger partial charge < -0.3 is 0 Å². The molecule has 0 saturated heterocycles. The van der Waals surface area contributed by atoms with Gasteiger partial charge in [0.05, 0.1) is 9.85 Å². The summed E-state index contributed by atoms with van der Waals surface area (Å²) in [6.45, 7) is 0. The minimum atomic E-state index is -0.290. The molecule has 0 aliphatic rings. The highest BCUT2D eigenvalue weighted by Crippen LogP contribution is 2.37. The van der Waals surface area contributed by atoms with Crippen molar-refractivity contribution in [2.24, 2.45) is 0 Å². The van der Waals surface area contributed by atoms with Gasteiger partial charge in [0.1, 0.15) is 5.82 Å². The highest BCUT2D eigenvalue weighted by atomic mass is 79.9. The molecule has 1 atom stereocenters. The third kappa shape index (κ3) is 3.01. The number of benzene rings is 3. The summed E-state index contributed by atoms with van der Waals surface area (Å²) in [5, 5.41) is 2.79. The van der Waals surface area contributed by atoms with E-state index in [1.54, 1.807) is 6.07 Å². The van der Waals surface area contributed by atoms with Crippen LogP contribution in [0.2, 0.25) is 5.02 Å². The third-order valence-corrected chi connectivity index (χ3v) is 5.60.